The molecule has 2 aromatic heterocycles. The molecular formula is C23H18N4O4S. The van der Waals surface area contributed by atoms with Crippen LogP contribution in [0.4, 0.5) is 5.69 Å². The van der Waals surface area contributed by atoms with Gasteiger partial charge < -0.3 is 19.3 Å². The van der Waals surface area contributed by atoms with E-state index in [9.17, 15) is 4.79 Å². The molecule has 5 rings (SSSR count). The third-order valence-electron chi connectivity index (χ3n) is 4.62. The van der Waals surface area contributed by atoms with Crippen LogP contribution in [0.5, 0.6) is 11.5 Å². The fourth-order valence-corrected chi connectivity index (χ4v) is 3.74. The summed E-state index contributed by atoms with van der Waals surface area (Å²) in [6.45, 7) is 1.03. The number of benzene rings is 2. The van der Waals surface area contributed by atoms with Gasteiger partial charge in [-0.15, -0.1) is 0 Å². The Labute approximate surface area is 188 Å². The van der Waals surface area contributed by atoms with Gasteiger partial charge >= 0.3 is 0 Å². The monoisotopic (exact) mass is 446 g/mol. The maximum Gasteiger partial charge on any atom is 0.259 e. The second-order valence-corrected chi connectivity index (χ2v) is 7.87. The summed E-state index contributed by atoms with van der Waals surface area (Å²) in [6, 6.07) is 18.6. The highest BCUT2D eigenvalue weighted by molar-refractivity contribution is 7.99. The van der Waals surface area contributed by atoms with Crippen LogP contribution in [-0.2, 0) is 4.79 Å². The number of anilines is 1. The first-order valence-corrected chi connectivity index (χ1v) is 10.9. The third-order valence-corrected chi connectivity index (χ3v) is 5.56. The summed E-state index contributed by atoms with van der Waals surface area (Å²) in [5.74, 6) is 2.32. The van der Waals surface area contributed by atoms with Crippen LogP contribution in [0.15, 0.2) is 76.4 Å². The molecule has 0 fully saturated rings. The molecule has 0 spiro atoms. The fourth-order valence-electron chi connectivity index (χ4n) is 3.10. The van der Waals surface area contributed by atoms with Crippen LogP contribution in [0, 0.1) is 0 Å². The zero-order valence-corrected chi connectivity index (χ0v) is 17.7. The first-order chi connectivity index (χ1) is 15.7. The van der Waals surface area contributed by atoms with E-state index in [0.717, 1.165) is 5.56 Å². The van der Waals surface area contributed by atoms with E-state index in [4.69, 9.17) is 14.0 Å². The normalized spacial score (nSPS) is 12.4. The molecule has 0 radical (unpaired) electrons. The summed E-state index contributed by atoms with van der Waals surface area (Å²) in [7, 11) is 0. The molecule has 2 aromatic carbocycles. The Hall–Kier alpha value is -3.85. The average Bonchev–Trinajstić information content (AvgIpc) is 3.34. The highest BCUT2D eigenvalue weighted by Gasteiger charge is 2.14. The minimum absolute atomic E-state index is 0.137. The summed E-state index contributed by atoms with van der Waals surface area (Å²) in [6.07, 6.45) is 1.66. The average molecular weight is 446 g/mol. The van der Waals surface area contributed by atoms with Crippen LogP contribution in [0.1, 0.15) is 0 Å². The van der Waals surface area contributed by atoms with Gasteiger partial charge in [-0.25, -0.2) is 4.98 Å². The van der Waals surface area contributed by atoms with Crippen molar-refractivity contribution in [2.45, 2.75) is 5.03 Å². The van der Waals surface area contributed by atoms with Gasteiger partial charge in [0.05, 0.1) is 16.3 Å². The minimum atomic E-state index is -0.137. The molecule has 1 aliphatic heterocycles. The van der Waals surface area contributed by atoms with Crippen molar-refractivity contribution in [3.63, 3.8) is 0 Å². The van der Waals surface area contributed by atoms with Gasteiger partial charge in [-0.1, -0.05) is 47.3 Å². The van der Waals surface area contributed by atoms with Crippen LogP contribution < -0.4 is 14.8 Å². The molecule has 1 aliphatic rings. The van der Waals surface area contributed by atoms with Gasteiger partial charge in [-0.2, -0.15) is 4.98 Å². The highest BCUT2D eigenvalue weighted by atomic mass is 32.2. The second-order valence-electron chi connectivity index (χ2n) is 6.87. The lowest BCUT2D eigenvalue weighted by atomic mass is 10.2. The number of hydrogen-bond donors (Lipinski definition) is 1. The molecule has 0 aliphatic carbocycles. The molecular weight excluding hydrogens is 428 g/mol. The molecule has 9 heteroatoms. The van der Waals surface area contributed by atoms with E-state index in [1.807, 2.05) is 42.5 Å². The van der Waals surface area contributed by atoms with E-state index in [1.54, 1.807) is 24.4 Å². The molecule has 0 bridgehead atoms. The second kappa shape index (κ2) is 9.11. The van der Waals surface area contributed by atoms with Crippen molar-refractivity contribution in [3.8, 4) is 34.3 Å². The SMILES string of the molecule is O=C(CSc1ccc(-c2nc(-c3ccccc3)no2)cn1)Nc1ccc2c(c1)OCCO2. The van der Waals surface area contributed by atoms with Gasteiger partial charge in [-0.3, -0.25) is 4.79 Å². The van der Waals surface area contributed by atoms with E-state index in [-0.39, 0.29) is 11.7 Å². The Kier molecular flexibility index (Phi) is 5.71. The Morgan fingerprint density at radius 1 is 0.969 bits per heavy atom. The molecule has 0 saturated carbocycles. The maximum atomic E-state index is 12.3. The van der Waals surface area contributed by atoms with Gasteiger partial charge in [0.2, 0.25) is 11.7 Å². The predicted octanol–water partition coefficient (Wildman–Crippen LogP) is 4.30. The molecule has 8 nitrogen and oxygen atoms in total. The number of ether oxygens (including phenoxy) is 2. The molecule has 3 heterocycles. The number of thioether (sulfide) groups is 1. The Balaban J connectivity index is 1.17. The Morgan fingerprint density at radius 3 is 2.62 bits per heavy atom. The number of carbonyl (C=O) groups is 1. The number of fused-ring (bicyclic) bond motifs is 1. The molecule has 0 unspecified atom stereocenters. The molecule has 1 amide bonds. The van der Waals surface area contributed by atoms with Gasteiger partial charge in [0.15, 0.2) is 11.5 Å². The van der Waals surface area contributed by atoms with Crippen molar-refractivity contribution in [2.75, 3.05) is 24.3 Å². The Bertz CT molecular complexity index is 1230. The predicted molar refractivity (Wildman–Crippen MR) is 120 cm³/mol. The van der Waals surface area contributed by atoms with E-state index in [0.29, 0.717) is 52.7 Å². The molecule has 1 N–H and O–H groups in total. The maximum absolute atomic E-state index is 12.3. The first-order valence-electron chi connectivity index (χ1n) is 9.92. The quantitative estimate of drug-likeness (QED) is 0.438. The standard InChI is InChI=1S/C23H18N4O4S/c28-20(25-17-7-8-18-19(12-17)30-11-10-29-18)14-32-21-9-6-16(13-24-21)23-26-22(27-31-23)15-4-2-1-3-5-15/h1-9,12-13H,10-11,14H2,(H,25,28). The van der Waals surface area contributed by atoms with Gasteiger partial charge in [0.25, 0.3) is 5.89 Å². The summed E-state index contributed by atoms with van der Waals surface area (Å²) in [5.41, 5.74) is 2.25. The van der Waals surface area contributed by atoms with Crippen LogP contribution in [0.25, 0.3) is 22.8 Å². The van der Waals surface area contributed by atoms with Crippen LogP contribution in [-0.4, -0.2) is 40.0 Å². The summed E-state index contributed by atoms with van der Waals surface area (Å²) >= 11 is 1.34. The number of nitrogens with zero attached hydrogens (tertiary/aromatic N) is 3. The number of aromatic nitrogens is 3. The van der Waals surface area contributed by atoms with Gasteiger partial charge in [0.1, 0.15) is 13.2 Å². The molecule has 160 valence electrons. The van der Waals surface area contributed by atoms with Crippen molar-refractivity contribution in [1.82, 2.24) is 15.1 Å². The lowest BCUT2D eigenvalue weighted by Crippen LogP contribution is -2.17. The van der Waals surface area contributed by atoms with Crippen LogP contribution in [0.3, 0.4) is 0 Å². The first kappa shape index (κ1) is 20.1. The summed E-state index contributed by atoms with van der Waals surface area (Å²) in [4.78, 5) is 21.1. The van der Waals surface area contributed by atoms with E-state index in [1.165, 1.54) is 11.8 Å². The van der Waals surface area contributed by atoms with Gasteiger partial charge in [-0.05, 0) is 24.3 Å². The number of rotatable bonds is 6. The molecule has 0 atom stereocenters. The molecule has 32 heavy (non-hydrogen) atoms. The number of nitrogens with one attached hydrogen (secondary N) is 1. The highest BCUT2D eigenvalue weighted by Crippen LogP contribution is 2.32. The van der Waals surface area contributed by atoms with E-state index < -0.39 is 0 Å². The lowest BCUT2D eigenvalue weighted by molar-refractivity contribution is -0.113. The van der Waals surface area contributed by atoms with Crippen molar-refractivity contribution in [1.29, 1.82) is 0 Å². The number of pyridine rings is 1. The smallest absolute Gasteiger partial charge is 0.259 e. The largest absolute Gasteiger partial charge is 0.486 e. The molecule has 4 aromatic rings. The van der Waals surface area contributed by atoms with Crippen molar-refractivity contribution < 1.29 is 18.8 Å². The number of carbonyl (C=O) groups excluding carboxylic acids is 1. The van der Waals surface area contributed by atoms with Crippen molar-refractivity contribution in [2.24, 2.45) is 0 Å². The minimum Gasteiger partial charge on any atom is -0.486 e. The molecule has 0 saturated heterocycles. The zero-order valence-electron chi connectivity index (χ0n) is 16.9. The topological polar surface area (TPSA) is 99.4 Å². The third kappa shape index (κ3) is 4.57. The van der Waals surface area contributed by atoms with Crippen LogP contribution >= 0.6 is 11.8 Å². The summed E-state index contributed by atoms with van der Waals surface area (Å²) < 4.78 is 16.4. The van der Waals surface area contributed by atoms with E-state index >= 15 is 0 Å². The zero-order chi connectivity index (χ0) is 21.8. The number of amides is 1. The van der Waals surface area contributed by atoms with Gasteiger partial charge in [0, 0.05) is 23.5 Å². The number of hydrogen-bond acceptors (Lipinski definition) is 8. The Morgan fingerprint density at radius 2 is 1.81 bits per heavy atom. The van der Waals surface area contributed by atoms with Crippen LogP contribution in [0.2, 0.25) is 0 Å². The fraction of sp³-hybridized carbons (Fsp3) is 0.130. The van der Waals surface area contributed by atoms with Crippen molar-refractivity contribution >= 4 is 23.4 Å². The van der Waals surface area contributed by atoms with Crippen molar-refractivity contribution in [3.05, 3.63) is 66.9 Å². The summed E-state index contributed by atoms with van der Waals surface area (Å²) in [5, 5.41) is 7.60. The lowest BCUT2D eigenvalue weighted by Gasteiger charge is -2.18. The van der Waals surface area contributed by atoms with E-state index in [2.05, 4.69) is 20.4 Å².